The zero-order chi connectivity index (χ0) is 22.4. The van der Waals surface area contributed by atoms with Crippen LogP contribution in [0.3, 0.4) is 0 Å². The lowest BCUT2D eigenvalue weighted by atomic mass is 10.1. The predicted molar refractivity (Wildman–Crippen MR) is 128 cm³/mol. The average molecular weight is 439 g/mol. The second-order valence-corrected chi connectivity index (χ2v) is 8.41. The van der Waals surface area contributed by atoms with Gasteiger partial charge >= 0.3 is 0 Å². The Labute approximate surface area is 187 Å². The van der Waals surface area contributed by atoms with E-state index in [4.69, 9.17) is 4.99 Å². The van der Waals surface area contributed by atoms with Crippen molar-refractivity contribution in [1.29, 1.82) is 0 Å². The van der Waals surface area contributed by atoms with Crippen molar-refractivity contribution in [3.05, 3.63) is 73.9 Å². The van der Waals surface area contributed by atoms with Crippen molar-refractivity contribution in [2.45, 2.75) is 40.7 Å². The number of hydrogen-bond donors (Lipinski definition) is 0. The Balaban J connectivity index is 2.05. The van der Waals surface area contributed by atoms with Gasteiger partial charge in [-0.1, -0.05) is 38.1 Å². The third kappa shape index (κ3) is 5.48. The number of nitro benzene ring substituents is 1. The van der Waals surface area contributed by atoms with Crippen LogP contribution >= 0.6 is 11.3 Å². The van der Waals surface area contributed by atoms with Gasteiger partial charge in [0.2, 0.25) is 0 Å². The van der Waals surface area contributed by atoms with Crippen LogP contribution in [0.15, 0.2) is 52.8 Å². The number of aryl methyl sites for hydroxylation is 1. The summed E-state index contributed by atoms with van der Waals surface area (Å²) >= 11 is 1.58. The van der Waals surface area contributed by atoms with Crippen molar-refractivity contribution in [2.75, 3.05) is 19.6 Å². The van der Waals surface area contributed by atoms with E-state index in [9.17, 15) is 10.1 Å². The van der Waals surface area contributed by atoms with E-state index >= 15 is 0 Å². The molecule has 0 unspecified atom stereocenters. The quantitative estimate of drug-likeness (QED) is 0.318. The van der Waals surface area contributed by atoms with Crippen LogP contribution in [-0.2, 0) is 6.54 Å². The minimum absolute atomic E-state index is 0.103. The van der Waals surface area contributed by atoms with E-state index in [2.05, 4.69) is 48.6 Å². The molecule has 31 heavy (non-hydrogen) atoms. The summed E-state index contributed by atoms with van der Waals surface area (Å²) in [4.78, 5) is 19.2. The molecule has 6 nitrogen and oxygen atoms in total. The molecule has 0 spiro atoms. The lowest BCUT2D eigenvalue weighted by molar-refractivity contribution is -0.384. The first-order valence-corrected chi connectivity index (χ1v) is 11.6. The van der Waals surface area contributed by atoms with E-state index in [-0.39, 0.29) is 10.6 Å². The Hall–Kier alpha value is -2.77. The Morgan fingerprint density at radius 1 is 1.13 bits per heavy atom. The maximum absolute atomic E-state index is 11.3. The van der Waals surface area contributed by atoms with Crippen LogP contribution in [-0.4, -0.2) is 34.0 Å². The van der Waals surface area contributed by atoms with Gasteiger partial charge in [-0.3, -0.25) is 10.1 Å². The van der Waals surface area contributed by atoms with Crippen LogP contribution in [0.1, 0.15) is 31.4 Å². The van der Waals surface area contributed by atoms with Crippen LogP contribution in [0.25, 0.3) is 11.3 Å². The lowest BCUT2D eigenvalue weighted by Crippen LogP contribution is -2.26. The molecule has 0 atom stereocenters. The summed E-state index contributed by atoms with van der Waals surface area (Å²) in [5.74, 6) is 0. The van der Waals surface area contributed by atoms with Crippen molar-refractivity contribution in [1.82, 2.24) is 9.47 Å². The molecule has 0 saturated heterocycles. The molecule has 0 aliphatic rings. The van der Waals surface area contributed by atoms with Gasteiger partial charge in [-0.2, -0.15) is 0 Å². The first-order chi connectivity index (χ1) is 14.9. The van der Waals surface area contributed by atoms with Crippen LogP contribution in [0, 0.1) is 24.0 Å². The first kappa shape index (κ1) is 22.9. The molecular formula is C24H30N4O2S. The van der Waals surface area contributed by atoms with Crippen LogP contribution in [0.4, 0.5) is 11.4 Å². The fourth-order valence-electron chi connectivity index (χ4n) is 3.60. The van der Waals surface area contributed by atoms with Crippen molar-refractivity contribution < 1.29 is 4.92 Å². The van der Waals surface area contributed by atoms with E-state index in [0.29, 0.717) is 0 Å². The SMILES string of the molecule is CCN(CC)CCCn1c(-c2cccc([N+](=O)[O-])c2)csc1=Nc1cccc(C)c1C. The lowest BCUT2D eigenvalue weighted by Gasteiger charge is -2.18. The molecule has 0 amide bonds. The van der Waals surface area contributed by atoms with Gasteiger partial charge in [0.25, 0.3) is 5.69 Å². The molecule has 0 N–H and O–H groups in total. The van der Waals surface area contributed by atoms with Crippen LogP contribution < -0.4 is 4.80 Å². The molecule has 1 heterocycles. The summed E-state index contributed by atoms with van der Waals surface area (Å²) in [6.45, 7) is 12.4. The molecule has 0 fully saturated rings. The Bertz CT molecular complexity index is 1110. The smallest absolute Gasteiger partial charge is 0.270 e. The summed E-state index contributed by atoms with van der Waals surface area (Å²) in [5.41, 5.74) is 5.26. The highest BCUT2D eigenvalue weighted by atomic mass is 32.1. The molecule has 2 aromatic carbocycles. The van der Waals surface area contributed by atoms with E-state index < -0.39 is 0 Å². The summed E-state index contributed by atoms with van der Waals surface area (Å²) < 4.78 is 2.20. The second-order valence-electron chi connectivity index (χ2n) is 7.57. The van der Waals surface area contributed by atoms with Crippen LogP contribution in [0.2, 0.25) is 0 Å². The Morgan fingerprint density at radius 3 is 2.58 bits per heavy atom. The molecule has 7 heteroatoms. The predicted octanol–water partition coefficient (Wildman–Crippen LogP) is 5.71. The average Bonchev–Trinajstić information content (AvgIpc) is 3.17. The number of hydrogen-bond acceptors (Lipinski definition) is 5. The summed E-state index contributed by atoms with van der Waals surface area (Å²) in [5, 5.41) is 13.3. The number of thiazole rings is 1. The highest BCUT2D eigenvalue weighted by Gasteiger charge is 2.13. The zero-order valence-electron chi connectivity index (χ0n) is 18.7. The molecule has 3 aromatic rings. The zero-order valence-corrected chi connectivity index (χ0v) is 19.5. The standard InChI is InChI=1S/C24H30N4O2S/c1-5-26(6-2)14-9-15-27-23(20-11-8-12-21(16-20)28(29)30)17-31-24(27)25-22-13-7-10-18(3)19(22)4/h7-8,10-13,16-17H,5-6,9,14-15H2,1-4H3. The molecular weight excluding hydrogens is 408 g/mol. The van der Waals surface area contributed by atoms with E-state index in [1.807, 2.05) is 18.2 Å². The number of rotatable bonds is 9. The largest absolute Gasteiger partial charge is 0.316 e. The van der Waals surface area contributed by atoms with Gasteiger partial charge < -0.3 is 9.47 Å². The number of non-ortho nitro benzene ring substituents is 1. The van der Waals surface area contributed by atoms with Gasteiger partial charge in [0.15, 0.2) is 4.80 Å². The second kappa shape index (κ2) is 10.5. The normalized spacial score (nSPS) is 12.0. The molecule has 3 rings (SSSR count). The fourth-order valence-corrected chi connectivity index (χ4v) is 4.54. The highest BCUT2D eigenvalue weighted by molar-refractivity contribution is 7.07. The Kier molecular flexibility index (Phi) is 7.76. The van der Waals surface area contributed by atoms with Crippen molar-refractivity contribution in [2.24, 2.45) is 4.99 Å². The monoisotopic (exact) mass is 438 g/mol. The van der Waals surface area contributed by atoms with Gasteiger partial charge in [-0.15, -0.1) is 11.3 Å². The molecule has 0 bridgehead atoms. The summed E-state index contributed by atoms with van der Waals surface area (Å²) in [6.07, 6.45) is 0.986. The minimum atomic E-state index is -0.345. The topological polar surface area (TPSA) is 63.7 Å². The number of nitro groups is 1. The van der Waals surface area contributed by atoms with Gasteiger partial charge in [0.05, 0.1) is 16.3 Å². The molecule has 0 aliphatic heterocycles. The fraction of sp³-hybridized carbons (Fsp3) is 0.375. The van der Waals surface area contributed by atoms with Crippen LogP contribution in [0.5, 0.6) is 0 Å². The summed E-state index contributed by atoms with van der Waals surface area (Å²) in [7, 11) is 0. The van der Waals surface area contributed by atoms with Gasteiger partial charge in [-0.05, 0) is 57.1 Å². The summed E-state index contributed by atoms with van der Waals surface area (Å²) in [6, 6.07) is 13.0. The van der Waals surface area contributed by atoms with Gasteiger partial charge in [-0.25, -0.2) is 4.99 Å². The number of benzene rings is 2. The van der Waals surface area contributed by atoms with Crippen molar-refractivity contribution >= 4 is 22.7 Å². The maximum Gasteiger partial charge on any atom is 0.270 e. The number of aromatic nitrogens is 1. The van der Waals surface area contributed by atoms with Crippen molar-refractivity contribution in [3.63, 3.8) is 0 Å². The molecule has 1 aromatic heterocycles. The molecule has 0 aliphatic carbocycles. The van der Waals surface area contributed by atoms with Crippen molar-refractivity contribution in [3.8, 4) is 11.3 Å². The van der Waals surface area contributed by atoms with E-state index in [1.165, 1.54) is 17.2 Å². The molecule has 164 valence electrons. The van der Waals surface area contributed by atoms with Gasteiger partial charge in [0.1, 0.15) is 0 Å². The van der Waals surface area contributed by atoms with E-state index in [1.54, 1.807) is 23.5 Å². The third-order valence-electron chi connectivity index (χ3n) is 5.69. The minimum Gasteiger partial charge on any atom is -0.316 e. The maximum atomic E-state index is 11.3. The molecule has 0 radical (unpaired) electrons. The first-order valence-electron chi connectivity index (χ1n) is 10.7. The highest BCUT2D eigenvalue weighted by Crippen LogP contribution is 2.26. The molecule has 0 saturated carbocycles. The third-order valence-corrected chi connectivity index (χ3v) is 6.56. The van der Waals surface area contributed by atoms with Gasteiger partial charge in [0, 0.05) is 29.6 Å². The number of nitrogens with zero attached hydrogens (tertiary/aromatic N) is 4. The van der Waals surface area contributed by atoms with E-state index in [0.717, 1.165) is 54.3 Å². The Morgan fingerprint density at radius 2 is 1.87 bits per heavy atom.